The number of pyridine rings is 1. The smallest absolute Gasteiger partial charge is 0.153 e. The van der Waals surface area contributed by atoms with E-state index in [2.05, 4.69) is 15.4 Å². The lowest BCUT2D eigenvalue weighted by Crippen LogP contribution is -1.98. The Labute approximate surface area is 87.9 Å². The minimum Gasteiger partial charge on any atom is -0.396 e. The molecule has 15 heavy (non-hydrogen) atoms. The number of aryl methyl sites for hydroxylation is 2. The molecule has 0 aliphatic carbocycles. The van der Waals surface area contributed by atoms with Crippen molar-refractivity contribution in [2.75, 3.05) is 11.1 Å². The van der Waals surface area contributed by atoms with Gasteiger partial charge in [-0.2, -0.15) is 5.10 Å². The third-order valence-electron chi connectivity index (χ3n) is 2.11. The molecule has 0 saturated carbocycles. The number of hydrogen-bond acceptors (Lipinski definition) is 4. The Balaban J connectivity index is 2.29. The molecule has 0 fully saturated rings. The van der Waals surface area contributed by atoms with Crippen LogP contribution in [0.15, 0.2) is 24.5 Å². The molecule has 5 nitrogen and oxygen atoms in total. The number of nitrogens with zero attached hydrogens (tertiary/aromatic N) is 3. The molecule has 2 aromatic heterocycles. The highest BCUT2D eigenvalue weighted by molar-refractivity contribution is 5.68. The van der Waals surface area contributed by atoms with E-state index in [1.54, 1.807) is 23.0 Å². The quantitative estimate of drug-likeness (QED) is 0.775. The standard InChI is InChI=1S/C10H13N5/c1-7-9(6-15(2)14-7)13-10-8(11)4-3-5-12-10/h3-6H,11H2,1-2H3,(H,12,13). The number of hydrogen-bond donors (Lipinski definition) is 2. The number of rotatable bonds is 2. The summed E-state index contributed by atoms with van der Waals surface area (Å²) in [5.74, 6) is 0.661. The van der Waals surface area contributed by atoms with E-state index < -0.39 is 0 Å². The van der Waals surface area contributed by atoms with Crippen LogP contribution >= 0.6 is 0 Å². The zero-order valence-electron chi connectivity index (χ0n) is 8.73. The van der Waals surface area contributed by atoms with E-state index >= 15 is 0 Å². The minimum atomic E-state index is 0.626. The molecule has 0 amide bonds. The summed E-state index contributed by atoms with van der Waals surface area (Å²) in [5, 5.41) is 7.36. The van der Waals surface area contributed by atoms with Crippen molar-refractivity contribution in [3.8, 4) is 0 Å². The van der Waals surface area contributed by atoms with Crippen molar-refractivity contribution >= 4 is 17.2 Å². The summed E-state index contributed by atoms with van der Waals surface area (Å²) in [4.78, 5) is 4.15. The van der Waals surface area contributed by atoms with Crippen LogP contribution in [0, 0.1) is 6.92 Å². The predicted octanol–water partition coefficient (Wildman–Crippen LogP) is 1.45. The van der Waals surface area contributed by atoms with Gasteiger partial charge in [0.2, 0.25) is 0 Å². The summed E-state index contributed by atoms with van der Waals surface area (Å²) in [5.41, 5.74) is 8.24. The van der Waals surface area contributed by atoms with Crippen LogP contribution in [-0.2, 0) is 7.05 Å². The van der Waals surface area contributed by atoms with Crippen LogP contribution in [0.3, 0.4) is 0 Å². The lowest BCUT2D eigenvalue weighted by molar-refractivity contribution is 0.756. The van der Waals surface area contributed by atoms with Gasteiger partial charge in [0.25, 0.3) is 0 Å². The molecule has 0 unspecified atom stereocenters. The van der Waals surface area contributed by atoms with Crippen molar-refractivity contribution in [1.29, 1.82) is 0 Å². The first-order valence-electron chi connectivity index (χ1n) is 4.64. The van der Waals surface area contributed by atoms with Crippen LogP contribution in [-0.4, -0.2) is 14.8 Å². The average molecular weight is 203 g/mol. The van der Waals surface area contributed by atoms with Gasteiger partial charge in [-0.25, -0.2) is 4.98 Å². The topological polar surface area (TPSA) is 68.8 Å². The van der Waals surface area contributed by atoms with Gasteiger partial charge in [0, 0.05) is 19.4 Å². The molecule has 0 aromatic carbocycles. The van der Waals surface area contributed by atoms with E-state index in [0.717, 1.165) is 11.4 Å². The van der Waals surface area contributed by atoms with E-state index in [0.29, 0.717) is 11.5 Å². The van der Waals surface area contributed by atoms with E-state index in [9.17, 15) is 0 Å². The molecule has 0 saturated heterocycles. The Morgan fingerprint density at radius 3 is 2.87 bits per heavy atom. The Morgan fingerprint density at radius 1 is 1.47 bits per heavy atom. The van der Waals surface area contributed by atoms with Gasteiger partial charge >= 0.3 is 0 Å². The van der Waals surface area contributed by atoms with Gasteiger partial charge in [0.05, 0.1) is 17.1 Å². The maximum absolute atomic E-state index is 5.77. The Hall–Kier alpha value is -2.04. The summed E-state index contributed by atoms with van der Waals surface area (Å²) in [6.45, 7) is 1.93. The van der Waals surface area contributed by atoms with Crippen molar-refractivity contribution in [1.82, 2.24) is 14.8 Å². The molecular weight excluding hydrogens is 190 g/mol. The van der Waals surface area contributed by atoms with E-state index in [4.69, 9.17) is 5.73 Å². The second kappa shape index (κ2) is 3.61. The molecule has 3 N–H and O–H groups in total. The van der Waals surface area contributed by atoms with Gasteiger partial charge in [0.1, 0.15) is 0 Å². The zero-order chi connectivity index (χ0) is 10.8. The Morgan fingerprint density at radius 2 is 2.27 bits per heavy atom. The summed E-state index contributed by atoms with van der Waals surface area (Å²) in [7, 11) is 1.87. The molecule has 0 spiro atoms. The van der Waals surface area contributed by atoms with Crippen LogP contribution < -0.4 is 11.1 Å². The van der Waals surface area contributed by atoms with Gasteiger partial charge in [0.15, 0.2) is 5.82 Å². The van der Waals surface area contributed by atoms with Crippen molar-refractivity contribution in [3.05, 3.63) is 30.2 Å². The number of nitrogens with two attached hydrogens (primary N) is 1. The molecule has 0 radical (unpaired) electrons. The average Bonchev–Trinajstić information content (AvgIpc) is 2.49. The third-order valence-corrected chi connectivity index (χ3v) is 2.11. The summed E-state index contributed by atoms with van der Waals surface area (Å²) < 4.78 is 1.75. The fraction of sp³-hybridized carbons (Fsp3) is 0.200. The molecule has 78 valence electrons. The van der Waals surface area contributed by atoms with Crippen LogP contribution in [0.2, 0.25) is 0 Å². The van der Waals surface area contributed by atoms with Gasteiger partial charge in [-0.1, -0.05) is 0 Å². The fourth-order valence-corrected chi connectivity index (χ4v) is 1.37. The Bertz CT molecular complexity index is 474. The fourth-order valence-electron chi connectivity index (χ4n) is 1.37. The van der Waals surface area contributed by atoms with Crippen LogP contribution in [0.1, 0.15) is 5.69 Å². The highest BCUT2D eigenvalue weighted by Gasteiger charge is 2.05. The van der Waals surface area contributed by atoms with Crippen molar-refractivity contribution in [2.45, 2.75) is 6.92 Å². The second-order valence-electron chi connectivity index (χ2n) is 3.37. The van der Waals surface area contributed by atoms with Crippen molar-refractivity contribution in [2.24, 2.45) is 7.05 Å². The lowest BCUT2D eigenvalue weighted by Gasteiger charge is -2.05. The molecular formula is C10H13N5. The summed E-state index contributed by atoms with van der Waals surface area (Å²) in [6.07, 6.45) is 3.59. The largest absolute Gasteiger partial charge is 0.396 e. The van der Waals surface area contributed by atoms with E-state index in [-0.39, 0.29) is 0 Å². The number of aromatic nitrogens is 3. The highest BCUT2D eigenvalue weighted by atomic mass is 15.3. The number of nitrogen functional groups attached to an aromatic ring is 1. The van der Waals surface area contributed by atoms with Crippen LogP contribution in [0.25, 0.3) is 0 Å². The zero-order valence-corrected chi connectivity index (χ0v) is 8.73. The van der Waals surface area contributed by atoms with Gasteiger partial charge in [-0.05, 0) is 19.1 Å². The maximum atomic E-state index is 5.77. The Kier molecular flexibility index (Phi) is 2.29. The summed E-state index contributed by atoms with van der Waals surface area (Å²) >= 11 is 0. The van der Waals surface area contributed by atoms with Crippen molar-refractivity contribution < 1.29 is 0 Å². The molecule has 0 aliphatic heterocycles. The minimum absolute atomic E-state index is 0.626. The second-order valence-corrected chi connectivity index (χ2v) is 3.37. The first-order valence-corrected chi connectivity index (χ1v) is 4.64. The van der Waals surface area contributed by atoms with Crippen LogP contribution in [0.4, 0.5) is 17.2 Å². The molecule has 2 aromatic rings. The lowest BCUT2D eigenvalue weighted by atomic mass is 10.3. The SMILES string of the molecule is Cc1nn(C)cc1Nc1ncccc1N. The van der Waals surface area contributed by atoms with Crippen LogP contribution in [0.5, 0.6) is 0 Å². The first kappa shape index (κ1) is 9.51. The maximum Gasteiger partial charge on any atom is 0.153 e. The molecule has 5 heteroatoms. The first-order chi connectivity index (χ1) is 7.16. The number of nitrogens with one attached hydrogen (secondary N) is 1. The van der Waals surface area contributed by atoms with E-state index in [1.807, 2.05) is 20.2 Å². The molecule has 2 rings (SSSR count). The predicted molar refractivity (Wildman–Crippen MR) is 59.9 cm³/mol. The van der Waals surface area contributed by atoms with Gasteiger partial charge < -0.3 is 11.1 Å². The van der Waals surface area contributed by atoms with Crippen molar-refractivity contribution in [3.63, 3.8) is 0 Å². The highest BCUT2D eigenvalue weighted by Crippen LogP contribution is 2.21. The monoisotopic (exact) mass is 203 g/mol. The molecule has 2 heterocycles. The molecule has 0 atom stereocenters. The van der Waals surface area contributed by atoms with Gasteiger partial charge in [-0.3, -0.25) is 4.68 Å². The normalized spacial score (nSPS) is 10.3. The van der Waals surface area contributed by atoms with Gasteiger partial charge in [-0.15, -0.1) is 0 Å². The third kappa shape index (κ3) is 1.90. The van der Waals surface area contributed by atoms with E-state index in [1.165, 1.54) is 0 Å². The number of anilines is 3. The summed E-state index contributed by atoms with van der Waals surface area (Å²) in [6, 6.07) is 3.61. The molecule has 0 bridgehead atoms. The molecule has 0 aliphatic rings.